The molecule has 6 heteroatoms. The number of hydrogen-bond donors (Lipinski definition) is 1. The number of likely N-dealkylation sites (tertiary alicyclic amines) is 1. The van der Waals surface area contributed by atoms with Crippen molar-refractivity contribution in [2.75, 3.05) is 6.54 Å². The van der Waals surface area contributed by atoms with Gasteiger partial charge in [-0.05, 0) is 33.2 Å². The van der Waals surface area contributed by atoms with Gasteiger partial charge in [-0.1, -0.05) is 0 Å². The maximum atomic E-state index is 11.0. The van der Waals surface area contributed by atoms with Gasteiger partial charge in [0, 0.05) is 13.1 Å². The highest BCUT2D eigenvalue weighted by molar-refractivity contribution is 5.70. The number of carboxylic acids is 1. The Balaban J connectivity index is 1.99. The van der Waals surface area contributed by atoms with Gasteiger partial charge in [0.25, 0.3) is 0 Å². The van der Waals surface area contributed by atoms with E-state index >= 15 is 0 Å². The summed E-state index contributed by atoms with van der Waals surface area (Å²) in [5, 5.41) is 17.2. The second-order valence-corrected chi connectivity index (χ2v) is 5.10. The molecule has 1 aromatic rings. The summed E-state index contributed by atoms with van der Waals surface area (Å²) in [6.45, 7) is 5.56. The van der Waals surface area contributed by atoms with E-state index in [9.17, 15) is 4.79 Å². The van der Waals surface area contributed by atoms with Crippen molar-refractivity contribution in [2.45, 2.75) is 39.3 Å². The van der Waals surface area contributed by atoms with Gasteiger partial charge in [-0.15, -0.1) is 10.2 Å². The molecule has 0 radical (unpaired) electrons. The van der Waals surface area contributed by atoms with Gasteiger partial charge in [-0.2, -0.15) is 0 Å². The van der Waals surface area contributed by atoms with Crippen LogP contribution in [0.2, 0.25) is 0 Å². The number of carbonyl (C=O) groups is 1. The third-order valence-electron chi connectivity index (χ3n) is 3.89. The molecule has 1 N–H and O–H groups in total. The monoisotopic (exact) mass is 252 g/mol. The zero-order valence-corrected chi connectivity index (χ0v) is 11.1. The Labute approximate surface area is 107 Å². The maximum Gasteiger partial charge on any atom is 0.306 e. The molecular formula is C12H20N4O2. The van der Waals surface area contributed by atoms with E-state index in [1.165, 1.54) is 0 Å². The average Bonchev–Trinajstić information content (AvgIpc) is 2.63. The van der Waals surface area contributed by atoms with E-state index in [0.717, 1.165) is 31.2 Å². The first-order chi connectivity index (χ1) is 8.49. The molecule has 0 saturated carbocycles. The summed E-state index contributed by atoms with van der Waals surface area (Å²) < 4.78 is 1.98. The summed E-state index contributed by atoms with van der Waals surface area (Å²) in [6, 6.07) is 0.275. The van der Waals surface area contributed by atoms with Gasteiger partial charge in [-0.3, -0.25) is 9.69 Å². The highest BCUT2D eigenvalue weighted by Crippen LogP contribution is 2.24. The van der Waals surface area contributed by atoms with E-state index in [0.29, 0.717) is 6.42 Å². The van der Waals surface area contributed by atoms with Crippen LogP contribution in [0.3, 0.4) is 0 Å². The quantitative estimate of drug-likeness (QED) is 0.862. The molecule has 0 amide bonds. The molecule has 6 nitrogen and oxygen atoms in total. The SMILES string of the molecule is Cc1nnc(CN2CCC(C(=O)O)CC2C)n1C. The normalized spacial score (nSPS) is 25.3. The number of aryl methyl sites for hydroxylation is 1. The smallest absolute Gasteiger partial charge is 0.306 e. The molecule has 0 aliphatic carbocycles. The summed E-state index contributed by atoms with van der Waals surface area (Å²) in [5.41, 5.74) is 0. The van der Waals surface area contributed by atoms with E-state index in [-0.39, 0.29) is 12.0 Å². The number of aromatic nitrogens is 3. The predicted octanol–water partition coefficient (Wildman–Crippen LogP) is 0.809. The van der Waals surface area contributed by atoms with Crippen LogP contribution in [0.5, 0.6) is 0 Å². The first-order valence-electron chi connectivity index (χ1n) is 6.30. The number of nitrogens with zero attached hydrogens (tertiary/aromatic N) is 4. The van der Waals surface area contributed by atoms with Crippen molar-refractivity contribution in [3.05, 3.63) is 11.6 Å². The van der Waals surface area contributed by atoms with Crippen LogP contribution in [0.25, 0.3) is 0 Å². The van der Waals surface area contributed by atoms with Crippen LogP contribution in [-0.2, 0) is 18.4 Å². The fourth-order valence-corrected chi connectivity index (χ4v) is 2.45. The summed E-state index contributed by atoms with van der Waals surface area (Å²) in [7, 11) is 1.96. The first-order valence-corrected chi connectivity index (χ1v) is 6.30. The lowest BCUT2D eigenvalue weighted by Gasteiger charge is -2.35. The topological polar surface area (TPSA) is 71.2 Å². The third-order valence-corrected chi connectivity index (χ3v) is 3.89. The van der Waals surface area contributed by atoms with Crippen molar-refractivity contribution in [1.82, 2.24) is 19.7 Å². The van der Waals surface area contributed by atoms with Gasteiger partial charge < -0.3 is 9.67 Å². The summed E-state index contributed by atoms with van der Waals surface area (Å²) in [6.07, 6.45) is 1.43. The number of piperidine rings is 1. The van der Waals surface area contributed by atoms with Gasteiger partial charge in [0.1, 0.15) is 11.6 Å². The van der Waals surface area contributed by atoms with Crippen LogP contribution in [0.4, 0.5) is 0 Å². The molecule has 2 heterocycles. The predicted molar refractivity (Wildman–Crippen MR) is 66.0 cm³/mol. The first kappa shape index (κ1) is 13.0. The molecule has 2 rings (SSSR count). The Morgan fingerprint density at radius 2 is 2.22 bits per heavy atom. The molecule has 1 aliphatic heterocycles. The lowest BCUT2D eigenvalue weighted by Crippen LogP contribution is -2.42. The van der Waals surface area contributed by atoms with E-state index in [2.05, 4.69) is 22.0 Å². The highest BCUT2D eigenvalue weighted by Gasteiger charge is 2.30. The number of carboxylic acid groups (broad SMARTS) is 1. The van der Waals surface area contributed by atoms with Crippen LogP contribution in [0.15, 0.2) is 0 Å². The van der Waals surface area contributed by atoms with E-state index in [1.807, 2.05) is 18.5 Å². The number of rotatable bonds is 3. The molecular weight excluding hydrogens is 232 g/mol. The fraction of sp³-hybridized carbons (Fsp3) is 0.750. The molecule has 2 unspecified atom stereocenters. The molecule has 2 atom stereocenters. The lowest BCUT2D eigenvalue weighted by molar-refractivity contribution is -0.144. The lowest BCUT2D eigenvalue weighted by atomic mass is 9.92. The number of hydrogen-bond acceptors (Lipinski definition) is 4. The summed E-state index contributed by atoms with van der Waals surface area (Å²) in [4.78, 5) is 13.3. The summed E-state index contributed by atoms with van der Waals surface area (Å²) >= 11 is 0. The van der Waals surface area contributed by atoms with Crippen molar-refractivity contribution in [3.63, 3.8) is 0 Å². The minimum Gasteiger partial charge on any atom is -0.481 e. The Morgan fingerprint density at radius 1 is 1.50 bits per heavy atom. The van der Waals surface area contributed by atoms with E-state index in [1.54, 1.807) is 0 Å². The molecule has 100 valence electrons. The molecule has 1 aromatic heterocycles. The summed E-state index contributed by atoms with van der Waals surface area (Å²) in [5.74, 6) is 0.972. The van der Waals surface area contributed by atoms with Crippen LogP contribution in [0, 0.1) is 12.8 Å². The van der Waals surface area contributed by atoms with Gasteiger partial charge in [0.05, 0.1) is 12.5 Å². The fourth-order valence-electron chi connectivity index (χ4n) is 2.45. The van der Waals surface area contributed by atoms with E-state index in [4.69, 9.17) is 5.11 Å². The molecule has 0 bridgehead atoms. The minimum atomic E-state index is -0.670. The molecule has 0 spiro atoms. The average molecular weight is 252 g/mol. The minimum absolute atomic E-state index is 0.197. The van der Waals surface area contributed by atoms with Crippen LogP contribution in [-0.4, -0.2) is 43.3 Å². The number of aliphatic carboxylic acids is 1. The van der Waals surface area contributed by atoms with Gasteiger partial charge in [0.15, 0.2) is 0 Å². The van der Waals surface area contributed by atoms with Crippen LogP contribution in [0.1, 0.15) is 31.4 Å². The molecule has 1 aliphatic rings. The van der Waals surface area contributed by atoms with Crippen molar-refractivity contribution in [3.8, 4) is 0 Å². The second-order valence-electron chi connectivity index (χ2n) is 5.10. The second kappa shape index (κ2) is 5.06. The highest BCUT2D eigenvalue weighted by atomic mass is 16.4. The Hall–Kier alpha value is -1.43. The Kier molecular flexibility index (Phi) is 3.65. The molecule has 0 aromatic carbocycles. The van der Waals surface area contributed by atoms with E-state index < -0.39 is 5.97 Å². The van der Waals surface area contributed by atoms with Crippen molar-refractivity contribution in [2.24, 2.45) is 13.0 Å². The van der Waals surface area contributed by atoms with Crippen molar-refractivity contribution >= 4 is 5.97 Å². The third kappa shape index (κ3) is 2.53. The molecule has 1 saturated heterocycles. The Bertz CT molecular complexity index is 443. The van der Waals surface area contributed by atoms with Crippen LogP contribution < -0.4 is 0 Å². The Morgan fingerprint density at radius 3 is 2.72 bits per heavy atom. The standard InChI is InChI=1S/C12H20N4O2/c1-8-6-10(12(17)18)4-5-16(8)7-11-14-13-9(2)15(11)3/h8,10H,4-7H2,1-3H3,(H,17,18). The van der Waals surface area contributed by atoms with Crippen molar-refractivity contribution in [1.29, 1.82) is 0 Å². The van der Waals surface area contributed by atoms with Crippen molar-refractivity contribution < 1.29 is 9.90 Å². The largest absolute Gasteiger partial charge is 0.481 e. The zero-order valence-electron chi connectivity index (χ0n) is 11.1. The molecule has 1 fully saturated rings. The van der Waals surface area contributed by atoms with Gasteiger partial charge in [0.2, 0.25) is 0 Å². The van der Waals surface area contributed by atoms with Gasteiger partial charge in [-0.25, -0.2) is 0 Å². The van der Waals surface area contributed by atoms with Crippen LogP contribution >= 0.6 is 0 Å². The molecule has 18 heavy (non-hydrogen) atoms. The van der Waals surface area contributed by atoms with Gasteiger partial charge >= 0.3 is 5.97 Å². The maximum absolute atomic E-state index is 11.0. The zero-order chi connectivity index (χ0) is 13.3.